The van der Waals surface area contributed by atoms with E-state index in [0.29, 0.717) is 27.1 Å². The normalized spacial score (nSPS) is 11.5. The highest BCUT2D eigenvalue weighted by Gasteiger charge is 2.20. The predicted molar refractivity (Wildman–Crippen MR) is 130 cm³/mol. The minimum Gasteiger partial charge on any atom is -0.397 e. The number of amides is 1. The van der Waals surface area contributed by atoms with Crippen molar-refractivity contribution in [3.05, 3.63) is 94.4 Å². The van der Waals surface area contributed by atoms with E-state index in [9.17, 15) is 10.1 Å². The van der Waals surface area contributed by atoms with Crippen LogP contribution in [0.4, 0.5) is 11.4 Å². The Balaban J connectivity index is 1.83. The van der Waals surface area contributed by atoms with Gasteiger partial charge in [0.25, 0.3) is 5.91 Å². The van der Waals surface area contributed by atoms with Gasteiger partial charge < -0.3 is 11.1 Å². The topological polar surface area (TPSA) is 121 Å². The molecule has 0 bridgehead atoms. The van der Waals surface area contributed by atoms with Gasteiger partial charge in [-0.2, -0.15) is 5.26 Å². The molecule has 3 rings (SSSR count). The second-order valence-corrected chi connectivity index (χ2v) is 8.53. The zero-order chi connectivity index (χ0) is 23.3. The molecule has 0 aliphatic carbocycles. The molecule has 0 saturated heterocycles. The Labute approximate surface area is 195 Å². The fraction of sp³-hybridized carbons (Fsp3) is 0.125. The average Bonchev–Trinajstić information content (AvgIpc) is 2.80. The van der Waals surface area contributed by atoms with E-state index in [0.717, 1.165) is 11.1 Å². The Morgan fingerprint density at radius 3 is 2.66 bits per heavy atom. The third kappa shape index (κ3) is 5.32. The number of pyridine rings is 1. The van der Waals surface area contributed by atoms with E-state index < -0.39 is 5.41 Å². The second kappa shape index (κ2) is 9.64. The molecule has 0 aliphatic heterocycles. The van der Waals surface area contributed by atoms with E-state index in [2.05, 4.69) is 32.3 Å². The first kappa shape index (κ1) is 23.0. The number of hydrazine groups is 1. The molecule has 0 spiro atoms. The number of nitriles is 1. The first-order valence-corrected chi connectivity index (χ1v) is 10.5. The standard InChI is InChI=1S/C24H23BrN6O/c1-24(2,15-26)18-6-3-7-19(12-18)30-23(32)16-8-9-20(25)22(11-16)31(28)14-21(27)17-5-4-10-29-13-17/h3-14H,27-28H2,1-2H3,(H,30,32)/b21-14-. The molecule has 0 unspecified atom stereocenters. The van der Waals surface area contributed by atoms with Crippen LogP contribution in [0.3, 0.4) is 0 Å². The summed E-state index contributed by atoms with van der Waals surface area (Å²) in [5, 5.41) is 13.6. The van der Waals surface area contributed by atoms with Gasteiger partial charge in [0.15, 0.2) is 0 Å². The Bertz CT molecular complexity index is 1200. The van der Waals surface area contributed by atoms with Gasteiger partial charge in [0, 0.05) is 39.9 Å². The number of benzene rings is 2. The molecule has 0 aliphatic rings. The first-order chi connectivity index (χ1) is 15.2. The molecule has 0 fully saturated rings. The van der Waals surface area contributed by atoms with E-state index in [1.165, 1.54) is 5.01 Å². The summed E-state index contributed by atoms with van der Waals surface area (Å²) in [6.07, 6.45) is 4.86. The van der Waals surface area contributed by atoms with Crippen molar-refractivity contribution in [3.8, 4) is 6.07 Å². The molecule has 8 heteroatoms. The van der Waals surface area contributed by atoms with Crippen molar-refractivity contribution in [1.82, 2.24) is 4.98 Å². The van der Waals surface area contributed by atoms with E-state index in [4.69, 9.17) is 11.6 Å². The van der Waals surface area contributed by atoms with Gasteiger partial charge >= 0.3 is 0 Å². The maximum atomic E-state index is 12.9. The van der Waals surface area contributed by atoms with Gasteiger partial charge in [0.1, 0.15) is 0 Å². The lowest BCUT2D eigenvalue weighted by molar-refractivity contribution is 0.102. The molecule has 162 valence electrons. The summed E-state index contributed by atoms with van der Waals surface area (Å²) in [5.41, 5.74) is 9.02. The van der Waals surface area contributed by atoms with Crippen LogP contribution in [-0.2, 0) is 5.41 Å². The number of rotatable bonds is 6. The monoisotopic (exact) mass is 490 g/mol. The molecule has 0 saturated carbocycles. The van der Waals surface area contributed by atoms with Gasteiger partial charge in [-0.05, 0) is 77.8 Å². The quantitative estimate of drug-likeness (QED) is 0.344. The molecule has 7 nitrogen and oxygen atoms in total. The Morgan fingerprint density at radius 2 is 1.97 bits per heavy atom. The number of aromatic nitrogens is 1. The van der Waals surface area contributed by atoms with Crippen LogP contribution in [0.25, 0.3) is 5.70 Å². The Morgan fingerprint density at radius 1 is 1.19 bits per heavy atom. The molecule has 0 atom stereocenters. The van der Waals surface area contributed by atoms with Crippen LogP contribution < -0.4 is 21.9 Å². The molecule has 1 heterocycles. The van der Waals surface area contributed by atoms with Crippen molar-refractivity contribution in [2.24, 2.45) is 11.6 Å². The largest absolute Gasteiger partial charge is 0.397 e. The Hall–Kier alpha value is -3.67. The van der Waals surface area contributed by atoms with E-state index in [1.54, 1.807) is 55.0 Å². The first-order valence-electron chi connectivity index (χ1n) is 9.75. The second-order valence-electron chi connectivity index (χ2n) is 7.67. The van der Waals surface area contributed by atoms with Crippen LogP contribution in [0.15, 0.2) is 77.7 Å². The minimum atomic E-state index is -0.661. The van der Waals surface area contributed by atoms with Gasteiger partial charge in [-0.3, -0.25) is 14.8 Å². The molecule has 32 heavy (non-hydrogen) atoms. The van der Waals surface area contributed by atoms with Crippen molar-refractivity contribution >= 4 is 38.9 Å². The molecule has 5 N–H and O–H groups in total. The third-order valence-corrected chi connectivity index (χ3v) is 5.55. The highest BCUT2D eigenvalue weighted by molar-refractivity contribution is 9.10. The molecular weight excluding hydrogens is 468 g/mol. The molecule has 1 amide bonds. The van der Waals surface area contributed by atoms with E-state index in [-0.39, 0.29) is 5.91 Å². The molecular formula is C24H23BrN6O. The predicted octanol–water partition coefficient (Wildman–Crippen LogP) is 4.53. The van der Waals surface area contributed by atoms with Crippen LogP contribution >= 0.6 is 15.9 Å². The van der Waals surface area contributed by atoms with Crippen molar-refractivity contribution in [2.45, 2.75) is 19.3 Å². The number of nitrogens with two attached hydrogens (primary N) is 2. The van der Waals surface area contributed by atoms with Crippen LogP contribution in [0.1, 0.15) is 35.3 Å². The zero-order valence-electron chi connectivity index (χ0n) is 17.7. The maximum Gasteiger partial charge on any atom is 0.255 e. The average molecular weight is 491 g/mol. The van der Waals surface area contributed by atoms with Crippen LogP contribution in [0.5, 0.6) is 0 Å². The molecule has 0 radical (unpaired) electrons. The highest BCUT2D eigenvalue weighted by atomic mass is 79.9. The zero-order valence-corrected chi connectivity index (χ0v) is 19.3. The molecule has 2 aromatic carbocycles. The number of halogens is 1. The SMILES string of the molecule is CC(C)(C#N)c1cccc(NC(=O)c2ccc(Br)c(N(N)/C=C(\N)c3cccnc3)c2)c1. The number of nitrogens with zero attached hydrogens (tertiary/aromatic N) is 3. The van der Waals surface area contributed by atoms with Gasteiger partial charge in [-0.1, -0.05) is 12.1 Å². The number of carbonyl (C=O) groups is 1. The maximum absolute atomic E-state index is 12.9. The number of hydrogen-bond acceptors (Lipinski definition) is 6. The summed E-state index contributed by atoms with van der Waals surface area (Å²) < 4.78 is 0.699. The van der Waals surface area contributed by atoms with Crippen LogP contribution in [0.2, 0.25) is 0 Å². The summed E-state index contributed by atoms with van der Waals surface area (Å²) in [6, 6.07) is 18.2. The summed E-state index contributed by atoms with van der Waals surface area (Å²) in [4.78, 5) is 16.9. The summed E-state index contributed by atoms with van der Waals surface area (Å²) in [5.74, 6) is 5.90. The number of anilines is 2. The number of carbonyl (C=O) groups excluding carboxylic acids is 1. The summed E-state index contributed by atoms with van der Waals surface area (Å²) >= 11 is 3.47. The fourth-order valence-electron chi connectivity index (χ4n) is 2.93. The lowest BCUT2D eigenvalue weighted by Crippen LogP contribution is -2.26. The molecule has 3 aromatic rings. The number of hydrogen-bond donors (Lipinski definition) is 3. The summed E-state index contributed by atoms with van der Waals surface area (Å²) in [6.45, 7) is 3.66. The fourth-order valence-corrected chi connectivity index (χ4v) is 3.38. The van der Waals surface area contributed by atoms with Gasteiger partial charge in [-0.25, -0.2) is 5.84 Å². The minimum absolute atomic E-state index is 0.303. The smallest absolute Gasteiger partial charge is 0.255 e. The van der Waals surface area contributed by atoms with Gasteiger partial charge in [0.05, 0.1) is 22.9 Å². The summed E-state index contributed by atoms with van der Waals surface area (Å²) in [7, 11) is 0. The van der Waals surface area contributed by atoms with Crippen LogP contribution in [0, 0.1) is 11.3 Å². The lowest BCUT2D eigenvalue weighted by Gasteiger charge is -2.19. The van der Waals surface area contributed by atoms with Crippen molar-refractivity contribution in [3.63, 3.8) is 0 Å². The third-order valence-electron chi connectivity index (χ3n) is 4.88. The van der Waals surface area contributed by atoms with E-state index in [1.807, 2.05) is 32.0 Å². The lowest BCUT2D eigenvalue weighted by atomic mass is 9.86. The van der Waals surface area contributed by atoms with Crippen molar-refractivity contribution in [1.29, 1.82) is 5.26 Å². The Kier molecular flexibility index (Phi) is 6.93. The molecule has 1 aromatic heterocycles. The number of nitrogens with one attached hydrogen (secondary N) is 1. The van der Waals surface area contributed by atoms with Crippen molar-refractivity contribution in [2.75, 3.05) is 10.3 Å². The van der Waals surface area contributed by atoms with E-state index >= 15 is 0 Å². The van der Waals surface area contributed by atoms with Crippen molar-refractivity contribution < 1.29 is 4.79 Å². The highest BCUT2D eigenvalue weighted by Crippen LogP contribution is 2.28. The van der Waals surface area contributed by atoms with Gasteiger partial charge in [-0.15, -0.1) is 0 Å². The van der Waals surface area contributed by atoms with Gasteiger partial charge in [0.2, 0.25) is 0 Å². The van der Waals surface area contributed by atoms with Crippen LogP contribution in [-0.4, -0.2) is 10.9 Å².